The minimum atomic E-state index is -1.01. The van der Waals surface area contributed by atoms with Crippen LogP contribution in [0.25, 0.3) is 6.08 Å². The Labute approximate surface area is 232 Å². The summed E-state index contributed by atoms with van der Waals surface area (Å²) in [5.74, 6) is -2.95. The van der Waals surface area contributed by atoms with Crippen molar-refractivity contribution in [2.24, 2.45) is 5.92 Å². The third-order valence-electron chi connectivity index (χ3n) is 7.59. The first-order valence-electron chi connectivity index (χ1n) is 13.4. The van der Waals surface area contributed by atoms with E-state index in [4.69, 9.17) is 10.5 Å². The Hall–Kier alpha value is -4.08. The molecule has 2 fully saturated rings. The molecule has 2 heterocycles. The maximum absolute atomic E-state index is 13.7. The predicted octanol–water partition coefficient (Wildman–Crippen LogP) is 5.03. The summed E-state index contributed by atoms with van der Waals surface area (Å²) in [7, 11) is 0. The first-order chi connectivity index (χ1) is 19.4. The fraction of sp³-hybridized carbons (Fsp3) is 0.290. The van der Waals surface area contributed by atoms with E-state index in [0.29, 0.717) is 43.7 Å². The first kappa shape index (κ1) is 27.5. The average molecular weight is 547 g/mol. The van der Waals surface area contributed by atoms with E-state index in [1.807, 2.05) is 24.3 Å². The van der Waals surface area contributed by atoms with Gasteiger partial charge in [-0.15, -0.1) is 0 Å². The van der Waals surface area contributed by atoms with Crippen LogP contribution in [0.15, 0.2) is 72.8 Å². The lowest BCUT2D eigenvalue weighted by Crippen LogP contribution is -2.38. The van der Waals surface area contributed by atoms with Crippen molar-refractivity contribution in [2.75, 3.05) is 42.7 Å². The molecule has 2 aliphatic heterocycles. The van der Waals surface area contributed by atoms with Crippen molar-refractivity contribution in [2.45, 2.75) is 24.8 Å². The summed E-state index contributed by atoms with van der Waals surface area (Å²) < 4.78 is 32.7. The molecule has 2 saturated heterocycles. The zero-order valence-electron chi connectivity index (χ0n) is 22.0. The van der Waals surface area contributed by atoms with Gasteiger partial charge in [-0.25, -0.2) is 8.78 Å². The molecule has 0 spiro atoms. The molecule has 208 valence electrons. The molecule has 0 aliphatic carbocycles. The van der Waals surface area contributed by atoms with E-state index in [1.165, 1.54) is 12.1 Å². The highest BCUT2D eigenvalue weighted by atomic mass is 19.2. The van der Waals surface area contributed by atoms with Gasteiger partial charge >= 0.3 is 0 Å². The van der Waals surface area contributed by atoms with Crippen LogP contribution in [-0.2, 0) is 14.3 Å². The zero-order valence-corrected chi connectivity index (χ0v) is 22.0. The van der Waals surface area contributed by atoms with Crippen LogP contribution < -0.4 is 16.4 Å². The van der Waals surface area contributed by atoms with Crippen LogP contribution in [0.4, 0.5) is 25.8 Å². The Morgan fingerprint density at radius 3 is 2.40 bits per heavy atom. The van der Waals surface area contributed by atoms with Crippen molar-refractivity contribution in [3.05, 3.63) is 95.6 Å². The molecule has 2 aliphatic rings. The van der Waals surface area contributed by atoms with Gasteiger partial charge in [-0.1, -0.05) is 36.4 Å². The average Bonchev–Trinajstić information content (AvgIpc) is 3.42. The number of nitrogen functional groups attached to an aromatic ring is 1. The van der Waals surface area contributed by atoms with Gasteiger partial charge in [0.05, 0.1) is 17.3 Å². The van der Waals surface area contributed by atoms with E-state index in [1.54, 1.807) is 30.3 Å². The van der Waals surface area contributed by atoms with Gasteiger partial charge in [-0.3, -0.25) is 14.5 Å². The van der Waals surface area contributed by atoms with Crippen LogP contribution in [0, 0.1) is 17.6 Å². The van der Waals surface area contributed by atoms with Gasteiger partial charge in [-0.2, -0.15) is 0 Å². The number of halogens is 2. The maximum Gasteiger partial charge on any atom is 0.248 e. The molecule has 40 heavy (non-hydrogen) atoms. The minimum Gasteiger partial charge on any atom is -0.397 e. The van der Waals surface area contributed by atoms with Crippen LogP contribution in [0.5, 0.6) is 0 Å². The number of nitrogens with zero attached hydrogens (tertiary/aromatic N) is 1. The number of carbonyl (C=O) groups excluding carboxylic acids is 2. The smallest absolute Gasteiger partial charge is 0.248 e. The second kappa shape index (κ2) is 12.4. The molecule has 7 nitrogen and oxygen atoms in total. The molecule has 3 aromatic carbocycles. The van der Waals surface area contributed by atoms with Crippen molar-refractivity contribution < 1.29 is 23.1 Å². The largest absolute Gasteiger partial charge is 0.397 e. The van der Waals surface area contributed by atoms with E-state index < -0.39 is 11.6 Å². The first-order valence-corrected chi connectivity index (χ1v) is 13.4. The molecular weight excluding hydrogens is 514 g/mol. The highest BCUT2D eigenvalue weighted by molar-refractivity contribution is 6.03. The second-order valence-electron chi connectivity index (χ2n) is 10.2. The lowest BCUT2D eigenvalue weighted by Gasteiger charge is -2.31. The lowest BCUT2D eigenvalue weighted by molar-refractivity contribution is -0.120. The summed E-state index contributed by atoms with van der Waals surface area (Å²) >= 11 is 0. The van der Waals surface area contributed by atoms with Gasteiger partial charge < -0.3 is 21.1 Å². The lowest BCUT2D eigenvalue weighted by atomic mass is 9.88. The Kier molecular flexibility index (Phi) is 8.52. The van der Waals surface area contributed by atoms with Crippen molar-refractivity contribution in [1.82, 2.24) is 4.90 Å². The molecule has 5 rings (SSSR count). The van der Waals surface area contributed by atoms with Crippen LogP contribution in [0.2, 0.25) is 0 Å². The van der Waals surface area contributed by atoms with E-state index in [0.717, 1.165) is 36.1 Å². The maximum atomic E-state index is 13.7. The van der Waals surface area contributed by atoms with E-state index in [9.17, 15) is 18.4 Å². The van der Waals surface area contributed by atoms with E-state index in [2.05, 4.69) is 15.5 Å². The molecule has 9 heteroatoms. The standard InChI is InChI=1S/C31H32F2N4O3/c32-26-11-10-22(17-27(26)33)35-31(39)25-19-37(23-13-15-40-16-14-23)18-24(25)21-8-5-20(6-9-21)7-12-30(38)36-29-4-2-1-3-28(29)34/h1-12,17,23-25H,13-16,18-19,34H2,(H,35,39)(H,36,38)/b12-7+. The highest BCUT2D eigenvalue weighted by Gasteiger charge is 2.41. The van der Waals surface area contributed by atoms with Crippen molar-refractivity contribution in [1.29, 1.82) is 0 Å². The van der Waals surface area contributed by atoms with Crippen molar-refractivity contribution in [3.8, 4) is 0 Å². The summed E-state index contributed by atoms with van der Waals surface area (Å²) in [6, 6.07) is 18.5. The summed E-state index contributed by atoms with van der Waals surface area (Å²) in [5, 5.41) is 5.55. The number of amides is 2. The molecule has 0 radical (unpaired) electrons. The topological polar surface area (TPSA) is 96.7 Å². The number of hydrogen-bond acceptors (Lipinski definition) is 5. The summed E-state index contributed by atoms with van der Waals surface area (Å²) in [5.41, 5.74) is 8.99. The number of likely N-dealkylation sites (tertiary alicyclic amines) is 1. The van der Waals surface area contributed by atoms with E-state index >= 15 is 0 Å². The molecule has 4 N–H and O–H groups in total. The number of rotatable bonds is 7. The van der Waals surface area contributed by atoms with Gasteiger partial charge in [0.2, 0.25) is 11.8 Å². The summed E-state index contributed by atoms with van der Waals surface area (Å²) in [6.07, 6.45) is 4.98. The van der Waals surface area contributed by atoms with Gasteiger partial charge in [-0.05, 0) is 54.3 Å². The van der Waals surface area contributed by atoms with Gasteiger partial charge in [0, 0.05) is 56.1 Å². The monoisotopic (exact) mass is 546 g/mol. The van der Waals surface area contributed by atoms with Crippen LogP contribution in [0.3, 0.4) is 0 Å². The quantitative estimate of drug-likeness (QED) is 0.285. The molecule has 0 saturated carbocycles. The van der Waals surface area contributed by atoms with Crippen LogP contribution >= 0.6 is 0 Å². The number of benzene rings is 3. The molecular formula is C31H32F2N4O3. The SMILES string of the molecule is Nc1ccccc1NC(=O)/C=C/c1ccc(C2CN(C3CCOCC3)CC2C(=O)Nc2ccc(F)c(F)c2)cc1. The number of nitrogens with one attached hydrogen (secondary N) is 2. The molecule has 3 aromatic rings. The number of para-hydroxylation sites is 2. The second-order valence-corrected chi connectivity index (χ2v) is 10.2. The zero-order chi connectivity index (χ0) is 28.1. The van der Waals surface area contributed by atoms with Gasteiger partial charge in [0.25, 0.3) is 0 Å². The summed E-state index contributed by atoms with van der Waals surface area (Å²) in [4.78, 5) is 28.1. The predicted molar refractivity (Wildman–Crippen MR) is 152 cm³/mol. The molecule has 0 aromatic heterocycles. The Bertz CT molecular complexity index is 1390. The molecule has 0 bridgehead atoms. The van der Waals surface area contributed by atoms with Crippen molar-refractivity contribution in [3.63, 3.8) is 0 Å². The number of carbonyl (C=O) groups is 2. The van der Waals surface area contributed by atoms with Crippen molar-refractivity contribution >= 4 is 35.0 Å². The van der Waals surface area contributed by atoms with Gasteiger partial charge in [0.1, 0.15) is 0 Å². The number of nitrogens with two attached hydrogens (primary N) is 1. The molecule has 2 amide bonds. The van der Waals surface area contributed by atoms with Crippen LogP contribution in [-0.4, -0.2) is 49.1 Å². The fourth-order valence-corrected chi connectivity index (χ4v) is 5.41. The summed E-state index contributed by atoms with van der Waals surface area (Å²) in [6.45, 7) is 2.66. The Balaban J connectivity index is 1.30. The minimum absolute atomic E-state index is 0.0875. The Morgan fingerprint density at radius 1 is 0.925 bits per heavy atom. The Morgan fingerprint density at radius 2 is 1.68 bits per heavy atom. The molecule has 2 unspecified atom stereocenters. The highest BCUT2D eigenvalue weighted by Crippen LogP contribution is 2.36. The third-order valence-corrected chi connectivity index (χ3v) is 7.59. The molecule has 2 atom stereocenters. The number of anilines is 3. The van der Waals surface area contributed by atoms with Gasteiger partial charge in [0.15, 0.2) is 11.6 Å². The number of hydrogen-bond donors (Lipinski definition) is 3. The van der Waals surface area contributed by atoms with E-state index in [-0.39, 0.29) is 29.3 Å². The fourth-order valence-electron chi connectivity index (χ4n) is 5.41. The normalized spacial score (nSPS) is 20.1. The van der Waals surface area contributed by atoms with Crippen LogP contribution in [0.1, 0.15) is 29.9 Å². The number of ether oxygens (including phenoxy) is 1. The third kappa shape index (κ3) is 6.55.